The van der Waals surface area contributed by atoms with E-state index < -0.39 is 0 Å². The molecule has 1 aliphatic rings. The van der Waals surface area contributed by atoms with Crippen LogP contribution in [0.4, 0.5) is 0 Å². The average Bonchev–Trinajstić information content (AvgIpc) is 3.98. The topological polar surface area (TPSA) is 0 Å². The largest absolute Gasteiger partial charge is 0.127 e. The van der Waals surface area contributed by atoms with Crippen LogP contribution in [0.2, 0.25) is 0 Å². The predicted octanol–water partition coefficient (Wildman–Crippen LogP) is 12.6. The van der Waals surface area contributed by atoms with Crippen molar-refractivity contribution < 1.29 is 0 Å². The fourth-order valence-corrected chi connectivity index (χ4v) is 11.2. The first kappa shape index (κ1) is 34.4. The van der Waals surface area contributed by atoms with Crippen LogP contribution in [0.5, 0.6) is 0 Å². The number of hydrogen-bond acceptors (Lipinski definition) is 6. The fourth-order valence-electron chi connectivity index (χ4n) is 5.74. The van der Waals surface area contributed by atoms with Crippen molar-refractivity contribution in [2.24, 2.45) is 0 Å². The van der Waals surface area contributed by atoms with Crippen molar-refractivity contribution in [1.29, 1.82) is 0 Å². The molecule has 12 bridgehead atoms. The molecule has 50 heavy (non-hydrogen) atoms. The predicted molar refractivity (Wildman–Crippen MR) is 225 cm³/mol. The van der Waals surface area contributed by atoms with Gasteiger partial charge in [0.25, 0.3) is 0 Å². The molecule has 0 aromatic carbocycles. The molecule has 0 radical (unpaired) electrons. The van der Waals surface area contributed by atoms with Crippen molar-refractivity contribution in [3.05, 3.63) is 129 Å². The molecule has 0 saturated carbocycles. The van der Waals surface area contributed by atoms with E-state index in [2.05, 4.69) is 148 Å². The zero-order chi connectivity index (χ0) is 34.5. The van der Waals surface area contributed by atoms with Gasteiger partial charge in [0, 0.05) is 19.5 Å². The van der Waals surface area contributed by atoms with Crippen LogP contribution >= 0.6 is 68.0 Å². The standard InChI is InChI=1S/C44H32S6/c1-5-37-38(6-2)42-26-22-34-18-14-30(46-34)11-12-32-16-20-36(48-32)24-28-44-40(8-4)39(7-3)43(50-44)27-23-35-19-15-31(47-35)10-9-29-13-17-33(45-29)21-25-41(37)49-42/h9-20H,5-8H2,1-4H3/b10-9-,12-11-,29-9?,30-11?,31-10?,32-12?. The summed E-state index contributed by atoms with van der Waals surface area (Å²) in [5.74, 6) is 27.9. The lowest BCUT2D eigenvalue weighted by Gasteiger charge is -1.99. The van der Waals surface area contributed by atoms with Crippen molar-refractivity contribution in [2.45, 2.75) is 53.4 Å². The van der Waals surface area contributed by atoms with Gasteiger partial charge in [-0.2, -0.15) is 0 Å². The minimum absolute atomic E-state index is 0.953. The molecule has 7 rings (SSSR count). The Hall–Kier alpha value is -4.08. The summed E-state index contributed by atoms with van der Waals surface area (Å²) >= 11 is 10.4. The quantitative estimate of drug-likeness (QED) is 0.157. The molecule has 0 spiro atoms. The number of fused-ring (bicyclic) bond motifs is 12. The molecule has 6 heteroatoms. The average molecular weight is 753 g/mol. The fraction of sp³-hybridized carbons (Fsp3) is 0.182. The maximum atomic E-state index is 3.51. The first-order chi connectivity index (χ1) is 24.5. The normalized spacial score (nSPS) is 13.0. The third-order valence-electron chi connectivity index (χ3n) is 8.18. The second-order valence-corrected chi connectivity index (χ2v) is 17.8. The maximum absolute atomic E-state index is 3.51. The molecule has 0 N–H and O–H groups in total. The van der Waals surface area contributed by atoms with Gasteiger partial charge in [-0.1, -0.05) is 27.7 Å². The van der Waals surface area contributed by atoms with E-state index >= 15 is 0 Å². The van der Waals surface area contributed by atoms with E-state index in [-0.39, 0.29) is 0 Å². The Balaban J connectivity index is 1.27. The highest BCUT2D eigenvalue weighted by molar-refractivity contribution is 7.15. The molecule has 6 aromatic heterocycles. The molecule has 244 valence electrons. The molecule has 0 saturated heterocycles. The third kappa shape index (κ3) is 7.79. The molecular weight excluding hydrogens is 721 g/mol. The van der Waals surface area contributed by atoms with E-state index in [4.69, 9.17) is 0 Å². The SMILES string of the molecule is CCc1c2sc(c1CC)C#Cc1ccc(s1)/C=C\c1ccc(s1)C#Cc1sc(c(CC)c1CC)C#Cc1ccc(s1)/C=C\c1ccc(s1)C#C2. The van der Waals surface area contributed by atoms with Crippen molar-refractivity contribution in [3.8, 4) is 47.4 Å². The van der Waals surface area contributed by atoms with Gasteiger partial charge in [-0.25, -0.2) is 0 Å². The zero-order valence-corrected chi connectivity index (χ0v) is 33.1. The van der Waals surface area contributed by atoms with Crippen LogP contribution in [-0.2, 0) is 25.7 Å². The molecular formula is C44H32S6. The molecule has 0 nitrogen and oxygen atoms in total. The molecule has 0 aliphatic carbocycles. The van der Waals surface area contributed by atoms with Gasteiger partial charge >= 0.3 is 0 Å². The lowest BCUT2D eigenvalue weighted by atomic mass is 10.0. The van der Waals surface area contributed by atoms with E-state index in [9.17, 15) is 0 Å². The first-order valence-electron chi connectivity index (χ1n) is 16.7. The third-order valence-corrected chi connectivity index (χ3v) is 14.2. The molecule has 7 heterocycles. The van der Waals surface area contributed by atoms with Crippen LogP contribution in [0, 0.1) is 47.4 Å². The molecule has 0 unspecified atom stereocenters. The Bertz CT molecular complexity index is 2160. The van der Waals surface area contributed by atoms with Gasteiger partial charge in [0.1, 0.15) is 0 Å². The van der Waals surface area contributed by atoms with E-state index in [0.29, 0.717) is 0 Å². The second-order valence-electron chi connectivity index (χ2n) is 11.3. The molecule has 0 atom stereocenters. The summed E-state index contributed by atoms with van der Waals surface area (Å²) in [7, 11) is 0. The summed E-state index contributed by atoms with van der Waals surface area (Å²) in [6.07, 6.45) is 12.5. The van der Waals surface area contributed by atoms with Crippen LogP contribution in [0.3, 0.4) is 0 Å². The van der Waals surface area contributed by atoms with Crippen molar-refractivity contribution >= 4 is 92.3 Å². The highest BCUT2D eigenvalue weighted by Crippen LogP contribution is 2.32. The first-order valence-corrected chi connectivity index (χ1v) is 21.6. The van der Waals surface area contributed by atoms with Crippen LogP contribution in [0.15, 0.2) is 48.5 Å². The summed E-state index contributed by atoms with van der Waals surface area (Å²) < 4.78 is 0. The summed E-state index contributed by atoms with van der Waals surface area (Å²) in [6.45, 7) is 8.87. The van der Waals surface area contributed by atoms with Crippen LogP contribution < -0.4 is 0 Å². The second kappa shape index (κ2) is 15.9. The Morgan fingerprint density at radius 2 is 0.560 bits per heavy atom. The summed E-state index contributed by atoms with van der Waals surface area (Å²) in [5.41, 5.74) is 5.35. The Kier molecular flexibility index (Phi) is 10.9. The van der Waals surface area contributed by atoms with Crippen molar-refractivity contribution in [2.75, 3.05) is 0 Å². The van der Waals surface area contributed by atoms with E-state index in [1.165, 1.54) is 41.8 Å². The number of thiophene rings is 6. The maximum Gasteiger partial charge on any atom is 0.0820 e. The van der Waals surface area contributed by atoms with Gasteiger partial charge < -0.3 is 0 Å². The minimum atomic E-state index is 0.953. The van der Waals surface area contributed by atoms with Gasteiger partial charge in [0.15, 0.2) is 0 Å². The molecule has 0 fully saturated rings. The van der Waals surface area contributed by atoms with Crippen LogP contribution in [-0.4, -0.2) is 0 Å². The number of hydrogen-bond donors (Lipinski definition) is 0. The summed E-state index contributed by atoms with van der Waals surface area (Å²) in [4.78, 5) is 13.6. The Morgan fingerprint density at radius 3 is 0.780 bits per heavy atom. The number of rotatable bonds is 4. The lowest BCUT2D eigenvalue weighted by Crippen LogP contribution is -1.89. The highest BCUT2D eigenvalue weighted by atomic mass is 32.1. The minimum Gasteiger partial charge on any atom is -0.127 e. The zero-order valence-electron chi connectivity index (χ0n) is 28.2. The molecule has 6 aromatic rings. The molecule has 0 amide bonds. The summed E-state index contributed by atoms with van der Waals surface area (Å²) in [5, 5.41) is 0. The monoisotopic (exact) mass is 752 g/mol. The van der Waals surface area contributed by atoms with E-state index in [1.54, 1.807) is 68.0 Å². The Labute approximate surface area is 319 Å². The van der Waals surface area contributed by atoms with Gasteiger partial charge in [0.2, 0.25) is 0 Å². The van der Waals surface area contributed by atoms with Crippen molar-refractivity contribution in [1.82, 2.24) is 0 Å². The van der Waals surface area contributed by atoms with E-state index in [1.807, 2.05) is 0 Å². The Morgan fingerprint density at radius 1 is 0.320 bits per heavy atom. The van der Waals surface area contributed by atoms with Crippen LogP contribution in [0.25, 0.3) is 24.3 Å². The smallest absolute Gasteiger partial charge is 0.0820 e. The van der Waals surface area contributed by atoms with Gasteiger partial charge in [-0.05, 0) is 168 Å². The van der Waals surface area contributed by atoms with Gasteiger partial charge in [-0.15, -0.1) is 68.0 Å². The van der Waals surface area contributed by atoms with Crippen molar-refractivity contribution in [3.63, 3.8) is 0 Å². The van der Waals surface area contributed by atoms with Gasteiger partial charge in [0.05, 0.1) is 39.0 Å². The molecule has 1 aliphatic heterocycles. The van der Waals surface area contributed by atoms with Crippen LogP contribution in [0.1, 0.15) is 108 Å². The summed E-state index contributed by atoms with van der Waals surface area (Å²) in [6, 6.07) is 17.1. The lowest BCUT2D eigenvalue weighted by molar-refractivity contribution is 1.05. The van der Waals surface area contributed by atoms with E-state index in [0.717, 1.165) is 64.7 Å². The van der Waals surface area contributed by atoms with Gasteiger partial charge in [-0.3, -0.25) is 0 Å². The highest BCUT2D eigenvalue weighted by Gasteiger charge is 2.15.